The number of nitrogen functional groups attached to an aromatic ring is 1. The molecule has 0 spiro atoms. The Morgan fingerprint density at radius 3 is 2.67 bits per heavy atom. The number of carboxylic acid groups (broad SMARTS) is 1. The van der Waals surface area contributed by atoms with Crippen LogP contribution in [0.1, 0.15) is 15.9 Å². The average Bonchev–Trinajstić information content (AvgIpc) is 2.49. The molecule has 0 amide bonds. The Morgan fingerprint density at radius 2 is 2.05 bits per heavy atom. The number of nitrogens with two attached hydrogens (primary N) is 1. The zero-order valence-electron chi connectivity index (χ0n) is 11.3. The molecule has 2 aromatic rings. The molecule has 0 aromatic heterocycles. The minimum Gasteiger partial charge on any atom is -0.495 e. The Hall–Kier alpha value is -3.20. The van der Waals surface area contributed by atoms with Crippen LogP contribution in [-0.4, -0.2) is 18.2 Å². The van der Waals surface area contributed by atoms with Crippen LogP contribution in [0.3, 0.4) is 0 Å². The minimum atomic E-state index is -1.11. The number of benzene rings is 2. The standard InChI is InChI=1S/C15H13N3O3/c1-21-12-7-2-4-9(8-16)14(12)18-11-6-3-5-10(13(11)17)15(19)20/h2-7,18H,17H2,1H3,(H,19,20). The van der Waals surface area contributed by atoms with E-state index in [1.54, 1.807) is 30.3 Å². The zero-order valence-corrected chi connectivity index (χ0v) is 11.3. The molecule has 0 aliphatic carbocycles. The smallest absolute Gasteiger partial charge is 0.337 e. The SMILES string of the molecule is COc1cccc(C#N)c1Nc1cccc(C(=O)O)c1N. The summed E-state index contributed by atoms with van der Waals surface area (Å²) in [7, 11) is 1.48. The van der Waals surface area contributed by atoms with Crippen LogP contribution in [-0.2, 0) is 0 Å². The van der Waals surface area contributed by atoms with E-state index in [2.05, 4.69) is 5.32 Å². The number of rotatable bonds is 4. The maximum atomic E-state index is 11.1. The predicted molar refractivity (Wildman–Crippen MR) is 78.8 cm³/mol. The average molecular weight is 283 g/mol. The fourth-order valence-corrected chi connectivity index (χ4v) is 1.92. The van der Waals surface area contributed by atoms with Crippen LogP contribution in [0.4, 0.5) is 17.1 Å². The first-order valence-electron chi connectivity index (χ1n) is 6.04. The van der Waals surface area contributed by atoms with Crippen LogP contribution < -0.4 is 15.8 Å². The highest BCUT2D eigenvalue weighted by Gasteiger charge is 2.14. The van der Waals surface area contributed by atoms with Crippen LogP contribution in [0.5, 0.6) is 5.75 Å². The first kappa shape index (κ1) is 14.2. The summed E-state index contributed by atoms with van der Waals surface area (Å²) in [5, 5.41) is 21.2. The van der Waals surface area contributed by atoms with Crippen molar-refractivity contribution in [2.24, 2.45) is 0 Å². The lowest BCUT2D eigenvalue weighted by Gasteiger charge is -2.15. The second-order valence-corrected chi connectivity index (χ2v) is 4.19. The largest absolute Gasteiger partial charge is 0.495 e. The van der Waals surface area contributed by atoms with Gasteiger partial charge < -0.3 is 20.9 Å². The Kier molecular flexibility index (Phi) is 3.95. The van der Waals surface area contributed by atoms with Gasteiger partial charge in [0.2, 0.25) is 0 Å². The molecule has 6 heteroatoms. The summed E-state index contributed by atoms with van der Waals surface area (Å²) in [6.07, 6.45) is 0. The third-order valence-electron chi connectivity index (χ3n) is 2.96. The molecule has 0 unspecified atom stereocenters. The number of aromatic carboxylic acids is 1. The highest BCUT2D eigenvalue weighted by atomic mass is 16.5. The van der Waals surface area contributed by atoms with Crippen LogP contribution in [0.2, 0.25) is 0 Å². The fraction of sp³-hybridized carbons (Fsp3) is 0.0667. The maximum Gasteiger partial charge on any atom is 0.337 e. The molecule has 0 fully saturated rings. The van der Waals surface area contributed by atoms with Crippen molar-refractivity contribution in [3.8, 4) is 11.8 Å². The van der Waals surface area contributed by atoms with Gasteiger partial charge in [-0.15, -0.1) is 0 Å². The summed E-state index contributed by atoms with van der Waals surface area (Å²) in [6, 6.07) is 11.7. The van der Waals surface area contributed by atoms with Gasteiger partial charge in [-0.1, -0.05) is 12.1 Å². The van der Waals surface area contributed by atoms with Crippen molar-refractivity contribution in [2.75, 3.05) is 18.2 Å². The summed E-state index contributed by atoms with van der Waals surface area (Å²) in [4.78, 5) is 11.1. The second-order valence-electron chi connectivity index (χ2n) is 4.19. The number of carboxylic acids is 1. The number of ether oxygens (including phenoxy) is 1. The predicted octanol–water partition coefficient (Wildman–Crippen LogP) is 2.59. The van der Waals surface area contributed by atoms with E-state index in [0.29, 0.717) is 22.7 Å². The molecule has 2 rings (SSSR count). The first-order chi connectivity index (χ1) is 10.1. The lowest BCUT2D eigenvalue weighted by atomic mass is 10.1. The molecule has 0 bridgehead atoms. The number of nitrogens with zero attached hydrogens (tertiary/aromatic N) is 1. The number of nitrogens with one attached hydrogen (secondary N) is 1. The Morgan fingerprint density at radius 1 is 1.33 bits per heavy atom. The van der Waals surface area contributed by atoms with Crippen molar-refractivity contribution >= 4 is 23.0 Å². The van der Waals surface area contributed by atoms with E-state index in [-0.39, 0.29) is 11.3 Å². The van der Waals surface area contributed by atoms with E-state index in [1.165, 1.54) is 13.2 Å². The molecule has 21 heavy (non-hydrogen) atoms. The van der Waals surface area contributed by atoms with E-state index in [1.807, 2.05) is 6.07 Å². The lowest BCUT2D eigenvalue weighted by molar-refractivity contribution is 0.0698. The highest BCUT2D eigenvalue weighted by Crippen LogP contribution is 2.33. The van der Waals surface area contributed by atoms with Gasteiger partial charge >= 0.3 is 5.97 Å². The third-order valence-corrected chi connectivity index (χ3v) is 2.96. The number of anilines is 3. The van der Waals surface area contributed by atoms with E-state index < -0.39 is 5.97 Å². The molecule has 6 nitrogen and oxygen atoms in total. The van der Waals surface area contributed by atoms with Gasteiger partial charge in [-0.2, -0.15) is 5.26 Å². The molecule has 0 aliphatic heterocycles. The first-order valence-corrected chi connectivity index (χ1v) is 6.04. The van der Waals surface area contributed by atoms with Gasteiger partial charge in [0.15, 0.2) is 0 Å². The van der Waals surface area contributed by atoms with Crippen molar-refractivity contribution in [3.63, 3.8) is 0 Å². The molecule has 2 aromatic carbocycles. The van der Waals surface area contributed by atoms with Gasteiger partial charge in [0.25, 0.3) is 0 Å². The van der Waals surface area contributed by atoms with Crippen molar-refractivity contribution in [2.45, 2.75) is 0 Å². The molecule has 0 aliphatic rings. The van der Waals surface area contributed by atoms with Crippen molar-refractivity contribution in [3.05, 3.63) is 47.5 Å². The summed E-state index contributed by atoms with van der Waals surface area (Å²) < 4.78 is 5.21. The molecule has 106 valence electrons. The maximum absolute atomic E-state index is 11.1. The molecule has 0 radical (unpaired) electrons. The van der Waals surface area contributed by atoms with E-state index in [9.17, 15) is 4.79 Å². The van der Waals surface area contributed by atoms with Crippen molar-refractivity contribution < 1.29 is 14.6 Å². The van der Waals surface area contributed by atoms with Crippen molar-refractivity contribution in [1.29, 1.82) is 5.26 Å². The number of carbonyl (C=O) groups is 1. The van der Waals surface area contributed by atoms with E-state index in [0.717, 1.165) is 0 Å². The summed E-state index contributed by atoms with van der Waals surface area (Å²) in [5.74, 6) is -0.647. The van der Waals surface area contributed by atoms with Gasteiger partial charge in [0.05, 0.1) is 35.3 Å². The summed E-state index contributed by atoms with van der Waals surface area (Å²) in [6.45, 7) is 0. The van der Waals surface area contributed by atoms with Gasteiger partial charge in [0, 0.05) is 0 Å². The third kappa shape index (κ3) is 2.72. The van der Waals surface area contributed by atoms with E-state index >= 15 is 0 Å². The molecule has 0 atom stereocenters. The second kappa shape index (κ2) is 5.84. The summed E-state index contributed by atoms with van der Waals surface area (Å²) >= 11 is 0. The van der Waals surface area contributed by atoms with Crippen LogP contribution in [0.15, 0.2) is 36.4 Å². The van der Waals surface area contributed by atoms with Gasteiger partial charge in [-0.25, -0.2) is 4.79 Å². The number of hydrogen-bond donors (Lipinski definition) is 3. The molecular formula is C15H13N3O3. The quantitative estimate of drug-likeness (QED) is 0.744. The highest BCUT2D eigenvalue weighted by molar-refractivity contribution is 5.98. The topological polar surface area (TPSA) is 108 Å². The molecule has 0 saturated carbocycles. The Bertz CT molecular complexity index is 735. The Balaban J connectivity index is 2.51. The van der Waals surface area contributed by atoms with E-state index in [4.69, 9.17) is 20.8 Å². The van der Waals surface area contributed by atoms with Gasteiger partial charge in [-0.05, 0) is 24.3 Å². The monoisotopic (exact) mass is 283 g/mol. The van der Waals surface area contributed by atoms with Gasteiger partial charge in [0.1, 0.15) is 11.8 Å². The number of methoxy groups -OCH3 is 1. The Labute approximate surface area is 121 Å². The minimum absolute atomic E-state index is 0.00611. The number of nitriles is 1. The van der Waals surface area contributed by atoms with Crippen molar-refractivity contribution in [1.82, 2.24) is 0 Å². The fourth-order valence-electron chi connectivity index (χ4n) is 1.92. The summed E-state index contributed by atoms with van der Waals surface area (Å²) in [5.41, 5.74) is 7.15. The molecular weight excluding hydrogens is 270 g/mol. The number of hydrogen-bond acceptors (Lipinski definition) is 5. The molecule has 4 N–H and O–H groups in total. The van der Waals surface area contributed by atoms with Crippen LogP contribution in [0.25, 0.3) is 0 Å². The van der Waals surface area contributed by atoms with Gasteiger partial charge in [-0.3, -0.25) is 0 Å². The lowest BCUT2D eigenvalue weighted by Crippen LogP contribution is -2.06. The van der Waals surface area contributed by atoms with Crippen LogP contribution in [0, 0.1) is 11.3 Å². The number of para-hydroxylation sites is 2. The normalized spacial score (nSPS) is 9.71. The zero-order chi connectivity index (χ0) is 15.4. The molecule has 0 saturated heterocycles. The van der Waals surface area contributed by atoms with Crippen LogP contribution >= 0.6 is 0 Å². The molecule has 0 heterocycles.